The zero-order valence-electron chi connectivity index (χ0n) is 10.9. The summed E-state index contributed by atoms with van der Waals surface area (Å²) in [6.45, 7) is 5.19. The van der Waals surface area contributed by atoms with Gasteiger partial charge in [-0.25, -0.2) is 0 Å². The van der Waals surface area contributed by atoms with Gasteiger partial charge in [-0.15, -0.1) is 0 Å². The fourth-order valence-electron chi connectivity index (χ4n) is 1.60. The lowest BCUT2D eigenvalue weighted by atomic mass is 9.97. The molecule has 0 heterocycles. The second-order valence-electron chi connectivity index (χ2n) is 4.04. The van der Waals surface area contributed by atoms with Crippen LogP contribution in [0, 0.1) is 11.3 Å². The van der Waals surface area contributed by atoms with E-state index in [1.54, 1.807) is 6.92 Å². The third-order valence-electron chi connectivity index (χ3n) is 2.72. The van der Waals surface area contributed by atoms with Crippen LogP contribution >= 0.6 is 0 Å². The van der Waals surface area contributed by atoms with Gasteiger partial charge in [-0.1, -0.05) is 43.8 Å². The van der Waals surface area contributed by atoms with E-state index >= 15 is 0 Å². The normalized spacial score (nSPS) is 11.4. The van der Waals surface area contributed by atoms with Crippen molar-refractivity contribution in [1.29, 1.82) is 5.41 Å². The summed E-state index contributed by atoms with van der Waals surface area (Å²) in [5, 5.41) is 7.64. The Morgan fingerprint density at radius 1 is 1.37 bits per heavy atom. The molecular weight excluding hydrogens is 242 g/mol. The molecule has 0 aromatic heterocycles. The third kappa shape index (κ3) is 4.17. The zero-order valence-corrected chi connectivity index (χ0v) is 10.9. The number of ether oxygens (including phenoxy) is 1. The third-order valence-corrected chi connectivity index (χ3v) is 2.72. The van der Waals surface area contributed by atoms with Crippen LogP contribution in [-0.4, -0.2) is 17.5 Å². The lowest BCUT2D eigenvalue weighted by Crippen LogP contribution is -2.29. The molecule has 0 aliphatic carbocycles. The average Bonchev–Trinajstić information content (AvgIpc) is 2.45. The fourth-order valence-corrected chi connectivity index (χ4v) is 1.60. The van der Waals surface area contributed by atoms with Gasteiger partial charge in [0.15, 0.2) is 5.78 Å². The molecule has 1 rings (SSSR count). The van der Waals surface area contributed by atoms with Gasteiger partial charge in [-0.2, -0.15) is 0 Å². The number of carbonyl (C=O) groups excluding carboxylic acids is 2. The van der Waals surface area contributed by atoms with Crippen molar-refractivity contribution in [1.82, 2.24) is 0 Å². The molecule has 19 heavy (non-hydrogen) atoms. The molecule has 1 N–H and O–H groups in total. The fraction of sp³-hybridized carbons (Fsp3) is 0.267. The summed E-state index contributed by atoms with van der Waals surface area (Å²) in [7, 11) is 0. The van der Waals surface area contributed by atoms with Crippen LogP contribution in [0.25, 0.3) is 0 Å². The Kier molecular flexibility index (Phi) is 5.67. The average molecular weight is 259 g/mol. The first-order chi connectivity index (χ1) is 9.10. The van der Waals surface area contributed by atoms with E-state index in [4.69, 9.17) is 10.1 Å². The number of ketones is 1. The van der Waals surface area contributed by atoms with E-state index in [2.05, 4.69) is 6.58 Å². The van der Waals surface area contributed by atoms with E-state index in [1.165, 1.54) is 0 Å². The molecule has 0 aliphatic heterocycles. The highest BCUT2D eigenvalue weighted by molar-refractivity contribution is 6.45. The monoisotopic (exact) mass is 259 g/mol. The number of hydrogen-bond acceptors (Lipinski definition) is 4. The Balaban J connectivity index is 2.62. The van der Waals surface area contributed by atoms with Crippen molar-refractivity contribution < 1.29 is 14.3 Å². The predicted octanol–water partition coefficient (Wildman–Crippen LogP) is 2.53. The molecule has 4 heteroatoms. The van der Waals surface area contributed by atoms with Crippen molar-refractivity contribution in [3.8, 4) is 0 Å². The lowest BCUT2D eigenvalue weighted by Gasteiger charge is -2.13. The Morgan fingerprint density at radius 3 is 2.53 bits per heavy atom. The maximum absolute atomic E-state index is 11.9. The van der Waals surface area contributed by atoms with Crippen molar-refractivity contribution in [3.05, 3.63) is 48.6 Å². The molecular formula is C15H17NO3. The van der Waals surface area contributed by atoms with Gasteiger partial charge >= 0.3 is 5.97 Å². The highest BCUT2D eigenvalue weighted by Gasteiger charge is 2.26. The standard InChI is InChI=1S/C15H17NO3/c1-3-12(14(16)13(17)4-2)15(18)19-10-11-8-6-5-7-9-11/h4-9,12,16H,2-3,10H2,1H3/t12-/m1/s1. The molecule has 0 aliphatic rings. The molecule has 0 radical (unpaired) electrons. The molecule has 0 unspecified atom stereocenters. The topological polar surface area (TPSA) is 67.2 Å². The minimum absolute atomic E-state index is 0.145. The van der Waals surface area contributed by atoms with E-state index < -0.39 is 17.7 Å². The van der Waals surface area contributed by atoms with Crippen molar-refractivity contribution >= 4 is 17.5 Å². The first-order valence-electron chi connectivity index (χ1n) is 6.05. The Morgan fingerprint density at radius 2 is 2.00 bits per heavy atom. The first kappa shape index (κ1) is 14.8. The van der Waals surface area contributed by atoms with E-state index in [0.717, 1.165) is 11.6 Å². The van der Waals surface area contributed by atoms with Crippen molar-refractivity contribution in [2.24, 2.45) is 5.92 Å². The van der Waals surface area contributed by atoms with Gasteiger partial charge < -0.3 is 10.1 Å². The van der Waals surface area contributed by atoms with Crippen molar-refractivity contribution in [2.75, 3.05) is 0 Å². The minimum atomic E-state index is -0.825. The number of nitrogens with one attached hydrogen (secondary N) is 1. The highest BCUT2D eigenvalue weighted by Crippen LogP contribution is 2.11. The molecule has 100 valence electrons. The summed E-state index contributed by atoms with van der Waals surface area (Å²) in [5.41, 5.74) is 0.600. The van der Waals surface area contributed by atoms with Crippen LogP contribution in [-0.2, 0) is 20.9 Å². The molecule has 1 atom stereocenters. The molecule has 0 amide bonds. The maximum atomic E-state index is 11.9. The van der Waals surface area contributed by atoms with E-state index in [-0.39, 0.29) is 12.3 Å². The Labute approximate surface area is 112 Å². The van der Waals surface area contributed by atoms with Gasteiger partial charge in [0, 0.05) is 0 Å². The van der Waals surface area contributed by atoms with Gasteiger partial charge in [0.25, 0.3) is 0 Å². The summed E-state index contributed by atoms with van der Waals surface area (Å²) in [4.78, 5) is 23.2. The second kappa shape index (κ2) is 7.26. The van der Waals surface area contributed by atoms with E-state index in [9.17, 15) is 9.59 Å². The summed E-state index contributed by atoms with van der Waals surface area (Å²) in [5.74, 6) is -1.91. The summed E-state index contributed by atoms with van der Waals surface area (Å²) < 4.78 is 5.13. The quantitative estimate of drug-likeness (QED) is 0.465. The minimum Gasteiger partial charge on any atom is -0.460 e. The summed E-state index contributed by atoms with van der Waals surface area (Å²) in [6.07, 6.45) is 1.39. The smallest absolute Gasteiger partial charge is 0.315 e. The van der Waals surface area contributed by atoms with Gasteiger partial charge in [0.1, 0.15) is 12.5 Å². The van der Waals surface area contributed by atoms with E-state index in [1.807, 2.05) is 30.3 Å². The number of allylic oxidation sites excluding steroid dienone is 1. The zero-order chi connectivity index (χ0) is 14.3. The number of esters is 1. The maximum Gasteiger partial charge on any atom is 0.315 e. The van der Waals surface area contributed by atoms with Crippen molar-refractivity contribution in [3.63, 3.8) is 0 Å². The molecule has 0 spiro atoms. The number of benzene rings is 1. The lowest BCUT2D eigenvalue weighted by molar-refractivity contribution is -0.147. The molecule has 1 aromatic rings. The van der Waals surface area contributed by atoms with Crippen LogP contribution in [0.3, 0.4) is 0 Å². The van der Waals surface area contributed by atoms with Gasteiger partial charge in [0.05, 0.1) is 5.71 Å². The summed E-state index contributed by atoms with van der Waals surface area (Å²) in [6, 6.07) is 9.26. The van der Waals surface area contributed by atoms with Crippen LogP contribution in [0.4, 0.5) is 0 Å². The number of carbonyl (C=O) groups is 2. The predicted molar refractivity (Wildman–Crippen MR) is 72.9 cm³/mol. The van der Waals surface area contributed by atoms with Gasteiger partial charge in [-0.3, -0.25) is 9.59 Å². The summed E-state index contributed by atoms with van der Waals surface area (Å²) >= 11 is 0. The first-order valence-corrected chi connectivity index (χ1v) is 6.05. The Bertz CT molecular complexity index is 479. The van der Waals surface area contributed by atoms with Crippen LogP contribution in [0.1, 0.15) is 18.9 Å². The number of rotatable bonds is 7. The molecule has 1 aromatic carbocycles. The highest BCUT2D eigenvalue weighted by atomic mass is 16.5. The molecule has 0 fully saturated rings. The molecule has 0 saturated heterocycles. The molecule has 0 bridgehead atoms. The molecule has 4 nitrogen and oxygen atoms in total. The van der Waals surface area contributed by atoms with Crippen LogP contribution in [0.5, 0.6) is 0 Å². The van der Waals surface area contributed by atoms with E-state index in [0.29, 0.717) is 6.42 Å². The number of hydrogen-bond donors (Lipinski definition) is 1. The van der Waals surface area contributed by atoms with Gasteiger partial charge in [-0.05, 0) is 18.1 Å². The second-order valence-corrected chi connectivity index (χ2v) is 4.04. The Hall–Kier alpha value is -2.23. The van der Waals surface area contributed by atoms with Crippen LogP contribution < -0.4 is 0 Å². The van der Waals surface area contributed by atoms with Crippen LogP contribution in [0.2, 0.25) is 0 Å². The van der Waals surface area contributed by atoms with Crippen LogP contribution in [0.15, 0.2) is 43.0 Å². The van der Waals surface area contributed by atoms with Crippen molar-refractivity contribution in [2.45, 2.75) is 20.0 Å². The molecule has 0 saturated carbocycles. The SMILES string of the molecule is C=CC(=O)C(=N)[C@@H](CC)C(=O)OCc1ccccc1. The van der Waals surface area contributed by atoms with Gasteiger partial charge in [0.2, 0.25) is 0 Å². The largest absolute Gasteiger partial charge is 0.460 e.